The number of allylic oxidation sites excluding steroid dienone is 2. The van der Waals surface area contributed by atoms with Crippen LogP contribution in [-0.4, -0.2) is 48.6 Å². The Bertz CT molecular complexity index is 866. The first-order valence-corrected chi connectivity index (χ1v) is 10.1. The molecule has 0 amide bonds. The molecule has 0 saturated carbocycles. The van der Waals surface area contributed by atoms with Gasteiger partial charge < -0.3 is 10.2 Å². The molecule has 0 spiro atoms. The number of unbranched alkanes of at least 4 members (excludes halogenated alkanes) is 1. The van der Waals surface area contributed by atoms with E-state index in [1.165, 1.54) is 35.8 Å². The number of likely N-dealkylation sites (N-methyl/N-ethyl adjacent to an activating group) is 1. The third-order valence-corrected chi connectivity index (χ3v) is 5.58. The van der Waals surface area contributed by atoms with Crippen LogP contribution < -0.4 is 5.32 Å². The lowest BCUT2D eigenvalue weighted by molar-refractivity contribution is 0.0978. The lowest BCUT2D eigenvalue weighted by Crippen LogP contribution is -2.31. The highest BCUT2D eigenvalue weighted by molar-refractivity contribution is 7.17. The van der Waals surface area contributed by atoms with Gasteiger partial charge in [-0.25, -0.2) is 4.98 Å². The molecule has 1 aliphatic rings. The molecule has 0 fully saturated rings. The Morgan fingerprint density at radius 3 is 2.56 bits per heavy atom. The average Bonchev–Trinajstić information content (AvgIpc) is 3.10. The van der Waals surface area contributed by atoms with Crippen molar-refractivity contribution in [3.8, 4) is 10.6 Å². The molecule has 0 bridgehead atoms. The van der Waals surface area contributed by atoms with Gasteiger partial charge in [-0.15, -0.1) is 11.3 Å². The number of rotatable bonds is 8. The van der Waals surface area contributed by atoms with Crippen molar-refractivity contribution in [3.05, 3.63) is 52.2 Å². The van der Waals surface area contributed by atoms with Crippen molar-refractivity contribution in [1.29, 1.82) is 0 Å². The second-order valence-corrected chi connectivity index (χ2v) is 7.98. The van der Waals surface area contributed by atoms with Gasteiger partial charge in [-0.2, -0.15) is 0 Å². The molecule has 27 heavy (non-hydrogen) atoms. The number of Topliss-reactive ketones (excluding diaryl/α,β-unsaturated/α-hetero) is 1. The number of aryl methyl sites for hydroxylation is 1. The standard InChI is InChI=1S/C21H25N3O2S/c1-4-5-6-14-7-9-15(10-8-14)21-23-18-17(25)13-16(19(26)20(18)27-21)22-11-12-24(2)3/h7-10,13,22H,4-6,11-12H2,1-3H3. The van der Waals surface area contributed by atoms with Crippen molar-refractivity contribution in [1.82, 2.24) is 15.2 Å². The lowest BCUT2D eigenvalue weighted by atomic mass is 10.0. The van der Waals surface area contributed by atoms with Gasteiger partial charge in [-0.3, -0.25) is 9.59 Å². The monoisotopic (exact) mass is 383 g/mol. The summed E-state index contributed by atoms with van der Waals surface area (Å²) >= 11 is 1.29. The van der Waals surface area contributed by atoms with E-state index in [2.05, 4.69) is 29.4 Å². The van der Waals surface area contributed by atoms with E-state index in [4.69, 9.17) is 0 Å². The van der Waals surface area contributed by atoms with Gasteiger partial charge in [0.2, 0.25) is 11.6 Å². The van der Waals surface area contributed by atoms with Gasteiger partial charge in [0.15, 0.2) is 0 Å². The van der Waals surface area contributed by atoms with Gasteiger partial charge in [0.05, 0.1) is 5.70 Å². The first-order valence-electron chi connectivity index (χ1n) is 9.29. The number of aromatic nitrogens is 1. The highest BCUT2D eigenvalue weighted by Crippen LogP contribution is 2.32. The molecular formula is C21H25N3O2S. The predicted molar refractivity (Wildman–Crippen MR) is 109 cm³/mol. The molecule has 1 N–H and O–H groups in total. The van der Waals surface area contributed by atoms with Crippen LogP contribution in [0, 0.1) is 0 Å². The number of benzene rings is 1. The molecule has 0 unspecified atom stereocenters. The number of nitrogens with one attached hydrogen (secondary N) is 1. The Morgan fingerprint density at radius 2 is 1.89 bits per heavy atom. The zero-order valence-electron chi connectivity index (χ0n) is 16.0. The van der Waals surface area contributed by atoms with Crippen LogP contribution in [0.4, 0.5) is 0 Å². The van der Waals surface area contributed by atoms with E-state index < -0.39 is 0 Å². The second-order valence-electron chi connectivity index (χ2n) is 6.98. The van der Waals surface area contributed by atoms with E-state index in [0.29, 0.717) is 22.1 Å². The zero-order valence-corrected chi connectivity index (χ0v) is 16.9. The summed E-state index contributed by atoms with van der Waals surface area (Å²) < 4.78 is 0. The summed E-state index contributed by atoms with van der Waals surface area (Å²) in [6.45, 7) is 3.57. The molecule has 1 aliphatic carbocycles. The first kappa shape index (κ1) is 19.5. The van der Waals surface area contributed by atoms with E-state index in [0.717, 1.165) is 18.5 Å². The highest BCUT2D eigenvalue weighted by Gasteiger charge is 2.30. The van der Waals surface area contributed by atoms with Gasteiger partial charge in [-0.05, 0) is 32.5 Å². The van der Waals surface area contributed by atoms with Crippen LogP contribution in [0.3, 0.4) is 0 Å². The molecule has 0 radical (unpaired) electrons. The summed E-state index contributed by atoms with van der Waals surface area (Å²) in [5, 5.41) is 3.79. The predicted octanol–water partition coefficient (Wildman–Crippen LogP) is 3.57. The molecule has 5 nitrogen and oxygen atoms in total. The molecule has 142 valence electrons. The molecule has 1 aromatic carbocycles. The fraction of sp³-hybridized carbons (Fsp3) is 0.381. The molecular weight excluding hydrogens is 358 g/mol. The first-order chi connectivity index (χ1) is 13.0. The van der Waals surface area contributed by atoms with Gasteiger partial charge in [0.1, 0.15) is 15.6 Å². The second kappa shape index (κ2) is 8.59. The van der Waals surface area contributed by atoms with Crippen molar-refractivity contribution in [3.63, 3.8) is 0 Å². The summed E-state index contributed by atoms with van der Waals surface area (Å²) in [4.78, 5) is 32.1. The molecule has 1 heterocycles. The molecule has 1 aromatic heterocycles. The topological polar surface area (TPSA) is 62.3 Å². The van der Waals surface area contributed by atoms with Crippen molar-refractivity contribution < 1.29 is 9.59 Å². The van der Waals surface area contributed by atoms with Crippen LogP contribution in [-0.2, 0) is 6.42 Å². The summed E-state index contributed by atoms with van der Waals surface area (Å²) in [6.07, 6.45) is 4.78. The molecule has 6 heteroatoms. The number of nitrogens with zero attached hydrogens (tertiary/aromatic N) is 2. The summed E-state index contributed by atoms with van der Waals surface area (Å²) in [5.41, 5.74) is 2.87. The maximum atomic E-state index is 12.7. The minimum absolute atomic E-state index is 0.147. The smallest absolute Gasteiger partial charge is 0.221 e. The van der Waals surface area contributed by atoms with Crippen LogP contribution in [0.25, 0.3) is 10.6 Å². The molecule has 0 aliphatic heterocycles. The van der Waals surface area contributed by atoms with E-state index in [1.807, 2.05) is 31.1 Å². The van der Waals surface area contributed by atoms with Gasteiger partial charge in [0, 0.05) is 24.7 Å². The van der Waals surface area contributed by atoms with E-state index >= 15 is 0 Å². The number of hydrogen-bond acceptors (Lipinski definition) is 6. The number of ketones is 2. The van der Waals surface area contributed by atoms with Crippen molar-refractivity contribution >= 4 is 22.9 Å². The number of fused-ring (bicyclic) bond motifs is 1. The van der Waals surface area contributed by atoms with E-state index in [9.17, 15) is 9.59 Å². The Labute approximate surface area is 164 Å². The molecule has 0 atom stereocenters. The Morgan fingerprint density at radius 1 is 1.15 bits per heavy atom. The minimum atomic E-state index is -0.209. The van der Waals surface area contributed by atoms with E-state index in [1.54, 1.807) is 0 Å². The average molecular weight is 384 g/mol. The third-order valence-electron chi connectivity index (χ3n) is 4.48. The summed E-state index contributed by atoms with van der Waals surface area (Å²) in [5.74, 6) is -0.356. The number of carbonyl (C=O) groups is 2. The molecule has 3 rings (SSSR count). The van der Waals surface area contributed by atoms with Crippen LogP contribution in [0.1, 0.15) is 45.5 Å². The molecule has 2 aromatic rings. The third kappa shape index (κ3) is 4.51. The van der Waals surface area contributed by atoms with Crippen LogP contribution in [0.5, 0.6) is 0 Å². The fourth-order valence-electron chi connectivity index (χ4n) is 2.89. The highest BCUT2D eigenvalue weighted by atomic mass is 32.1. The van der Waals surface area contributed by atoms with Crippen LogP contribution in [0.15, 0.2) is 36.0 Å². The van der Waals surface area contributed by atoms with E-state index in [-0.39, 0.29) is 17.3 Å². The van der Waals surface area contributed by atoms with Crippen molar-refractivity contribution in [2.75, 3.05) is 27.2 Å². The summed E-state index contributed by atoms with van der Waals surface area (Å²) in [7, 11) is 3.93. The Hall–Kier alpha value is -2.31. The minimum Gasteiger partial charge on any atom is -0.380 e. The van der Waals surface area contributed by atoms with Crippen molar-refractivity contribution in [2.45, 2.75) is 26.2 Å². The molecule has 0 saturated heterocycles. The zero-order chi connectivity index (χ0) is 19.4. The fourth-order valence-corrected chi connectivity index (χ4v) is 3.92. The van der Waals surface area contributed by atoms with Gasteiger partial charge in [-0.1, -0.05) is 37.6 Å². The largest absolute Gasteiger partial charge is 0.380 e. The van der Waals surface area contributed by atoms with Gasteiger partial charge in [0.25, 0.3) is 0 Å². The van der Waals surface area contributed by atoms with Crippen LogP contribution >= 0.6 is 11.3 Å². The SMILES string of the molecule is CCCCc1ccc(-c2nc3c(s2)C(=O)C(NCCN(C)C)=CC3=O)cc1. The number of hydrogen-bond donors (Lipinski definition) is 1. The van der Waals surface area contributed by atoms with Gasteiger partial charge >= 0.3 is 0 Å². The van der Waals surface area contributed by atoms with Crippen molar-refractivity contribution in [2.24, 2.45) is 0 Å². The number of carbonyl (C=O) groups excluding carboxylic acids is 2. The van der Waals surface area contributed by atoms with Crippen LogP contribution in [0.2, 0.25) is 0 Å². The maximum absolute atomic E-state index is 12.7. The Kier molecular flexibility index (Phi) is 6.19. The normalized spacial score (nSPS) is 13.7. The quantitative estimate of drug-likeness (QED) is 0.755. The number of thiazole rings is 1. The Balaban J connectivity index is 1.78. The summed E-state index contributed by atoms with van der Waals surface area (Å²) in [6, 6.07) is 8.24. The lowest BCUT2D eigenvalue weighted by Gasteiger charge is -2.15. The maximum Gasteiger partial charge on any atom is 0.221 e.